The molecule has 8 heteroatoms. The Morgan fingerprint density at radius 2 is 1.79 bits per heavy atom. The van der Waals surface area contributed by atoms with E-state index < -0.39 is 11.7 Å². The average molecular weight is 478 g/mol. The van der Waals surface area contributed by atoms with E-state index in [1.54, 1.807) is 24.3 Å². The molecule has 0 atom stereocenters. The van der Waals surface area contributed by atoms with Crippen LogP contribution in [0, 0.1) is 12.7 Å². The fourth-order valence-electron chi connectivity index (χ4n) is 3.00. The predicted molar refractivity (Wildman–Crippen MR) is 132 cm³/mol. The highest BCUT2D eigenvalue weighted by atomic mass is 32.2. The van der Waals surface area contributed by atoms with Gasteiger partial charge in [-0.1, -0.05) is 48.0 Å². The Kier molecular flexibility index (Phi) is 7.16. The fourth-order valence-corrected chi connectivity index (χ4v) is 4.49. The summed E-state index contributed by atoms with van der Waals surface area (Å²) in [5.41, 5.74) is 3.50. The maximum Gasteiger partial charge on any atom is 0.258 e. The number of carbonyl (C=O) groups excluding carboxylic acids is 2. The summed E-state index contributed by atoms with van der Waals surface area (Å²) in [6.07, 6.45) is 0. The Morgan fingerprint density at radius 3 is 2.58 bits per heavy atom. The second kappa shape index (κ2) is 10.4. The van der Waals surface area contributed by atoms with E-state index in [2.05, 4.69) is 15.6 Å². The second-order valence-corrected chi connectivity index (χ2v) is 9.11. The molecule has 2 N–H and O–H groups in total. The fraction of sp³-hybridized carbons (Fsp3) is 0.0800. The molecule has 0 unspecified atom stereocenters. The molecule has 0 aliphatic carbocycles. The first-order valence-corrected chi connectivity index (χ1v) is 12.0. The topological polar surface area (TPSA) is 71.1 Å². The normalized spacial score (nSPS) is 10.6. The number of nitrogens with one attached hydrogen (secondary N) is 2. The van der Waals surface area contributed by atoms with Crippen molar-refractivity contribution in [2.75, 3.05) is 16.4 Å². The highest BCUT2D eigenvalue weighted by Crippen LogP contribution is 2.26. The maximum atomic E-state index is 13.8. The molecule has 1 heterocycles. The molecule has 2 amide bonds. The van der Waals surface area contributed by atoms with Crippen LogP contribution in [0.1, 0.15) is 15.9 Å². The van der Waals surface area contributed by atoms with Crippen molar-refractivity contribution in [2.45, 2.75) is 11.8 Å². The van der Waals surface area contributed by atoms with Crippen molar-refractivity contribution in [3.63, 3.8) is 0 Å². The third kappa shape index (κ3) is 6.06. The van der Waals surface area contributed by atoms with Gasteiger partial charge in [-0.15, -0.1) is 23.1 Å². The van der Waals surface area contributed by atoms with Gasteiger partial charge in [0, 0.05) is 21.5 Å². The zero-order chi connectivity index (χ0) is 23.2. The molecule has 4 rings (SSSR count). The van der Waals surface area contributed by atoms with Gasteiger partial charge in [-0.2, -0.15) is 0 Å². The van der Waals surface area contributed by atoms with Crippen LogP contribution < -0.4 is 10.6 Å². The number of hydrogen-bond donors (Lipinski definition) is 2. The van der Waals surface area contributed by atoms with Crippen LogP contribution in [0.5, 0.6) is 0 Å². The van der Waals surface area contributed by atoms with Crippen molar-refractivity contribution in [3.8, 4) is 11.3 Å². The number of rotatable bonds is 7. The highest BCUT2D eigenvalue weighted by Gasteiger charge is 2.12. The van der Waals surface area contributed by atoms with Crippen LogP contribution in [-0.4, -0.2) is 22.6 Å². The van der Waals surface area contributed by atoms with Crippen LogP contribution in [0.3, 0.4) is 0 Å². The van der Waals surface area contributed by atoms with E-state index >= 15 is 0 Å². The van der Waals surface area contributed by atoms with Gasteiger partial charge in [0.05, 0.1) is 17.0 Å². The van der Waals surface area contributed by atoms with Crippen molar-refractivity contribution < 1.29 is 14.0 Å². The smallest absolute Gasteiger partial charge is 0.258 e. The van der Waals surface area contributed by atoms with Crippen molar-refractivity contribution in [1.29, 1.82) is 0 Å². The summed E-state index contributed by atoms with van der Waals surface area (Å²) in [6, 6.07) is 20.9. The molecule has 0 spiro atoms. The molecule has 0 fully saturated rings. The lowest BCUT2D eigenvalue weighted by molar-refractivity contribution is -0.113. The van der Waals surface area contributed by atoms with Gasteiger partial charge >= 0.3 is 0 Å². The molecule has 0 saturated carbocycles. The zero-order valence-corrected chi connectivity index (χ0v) is 19.3. The number of nitrogens with zero attached hydrogens (tertiary/aromatic N) is 1. The largest absolute Gasteiger partial charge is 0.322 e. The van der Waals surface area contributed by atoms with Gasteiger partial charge in [-0.25, -0.2) is 9.37 Å². The van der Waals surface area contributed by atoms with Gasteiger partial charge in [-0.3, -0.25) is 9.59 Å². The molecule has 1 aromatic heterocycles. The van der Waals surface area contributed by atoms with E-state index in [0.29, 0.717) is 10.8 Å². The molecule has 166 valence electrons. The van der Waals surface area contributed by atoms with Crippen LogP contribution >= 0.6 is 23.1 Å². The predicted octanol–water partition coefficient (Wildman–Crippen LogP) is 6.24. The van der Waals surface area contributed by atoms with Crippen molar-refractivity contribution in [2.24, 2.45) is 0 Å². The molecule has 3 aromatic carbocycles. The van der Waals surface area contributed by atoms with Crippen LogP contribution in [0.2, 0.25) is 0 Å². The summed E-state index contributed by atoms with van der Waals surface area (Å²) < 4.78 is 13.8. The number of hydrogen-bond acceptors (Lipinski definition) is 5. The van der Waals surface area contributed by atoms with Gasteiger partial charge in [0.1, 0.15) is 5.82 Å². The number of anilines is 2. The van der Waals surface area contributed by atoms with E-state index in [9.17, 15) is 14.0 Å². The number of thioether (sulfide) groups is 1. The Balaban J connectivity index is 1.32. The third-order valence-corrected chi connectivity index (χ3v) is 6.43. The molecule has 0 aliphatic heterocycles. The van der Waals surface area contributed by atoms with Gasteiger partial charge in [0.25, 0.3) is 5.91 Å². The average Bonchev–Trinajstić information content (AvgIpc) is 3.27. The van der Waals surface area contributed by atoms with Gasteiger partial charge in [0.15, 0.2) is 5.13 Å². The summed E-state index contributed by atoms with van der Waals surface area (Å²) in [6.45, 7) is 2.03. The van der Waals surface area contributed by atoms with Crippen molar-refractivity contribution in [1.82, 2.24) is 4.98 Å². The Hall–Kier alpha value is -3.49. The third-order valence-electron chi connectivity index (χ3n) is 4.68. The number of aryl methyl sites for hydroxylation is 1. The number of thiazole rings is 1. The first kappa shape index (κ1) is 22.7. The second-order valence-electron chi connectivity index (χ2n) is 7.20. The van der Waals surface area contributed by atoms with Crippen LogP contribution in [0.4, 0.5) is 15.2 Å². The van der Waals surface area contributed by atoms with E-state index in [1.165, 1.54) is 46.9 Å². The maximum absolute atomic E-state index is 13.8. The van der Waals surface area contributed by atoms with Gasteiger partial charge in [0.2, 0.25) is 5.91 Å². The quantitative estimate of drug-likeness (QED) is 0.309. The lowest BCUT2D eigenvalue weighted by atomic mass is 10.1. The number of aromatic nitrogens is 1. The minimum absolute atomic E-state index is 0.0246. The lowest BCUT2D eigenvalue weighted by Gasteiger charge is -2.08. The first-order chi connectivity index (χ1) is 16.0. The highest BCUT2D eigenvalue weighted by molar-refractivity contribution is 8.00. The minimum Gasteiger partial charge on any atom is -0.322 e. The van der Waals surface area contributed by atoms with Gasteiger partial charge < -0.3 is 10.6 Å². The molecular formula is C25H20FN3O2S2. The van der Waals surface area contributed by atoms with Crippen LogP contribution in [0.15, 0.2) is 83.1 Å². The van der Waals surface area contributed by atoms with E-state index in [-0.39, 0.29) is 17.2 Å². The van der Waals surface area contributed by atoms with Crippen molar-refractivity contribution >= 4 is 45.7 Å². The SMILES string of the molecule is Cc1ccc(-c2csc(NC(=O)CSc3cccc(NC(=O)c4ccccc4F)c3)n2)cc1. The molecule has 4 aromatic rings. The first-order valence-electron chi connectivity index (χ1n) is 10.1. The molecular weight excluding hydrogens is 457 g/mol. The summed E-state index contributed by atoms with van der Waals surface area (Å²) >= 11 is 2.71. The van der Waals surface area contributed by atoms with E-state index in [4.69, 9.17) is 0 Å². The molecule has 5 nitrogen and oxygen atoms in total. The van der Waals surface area contributed by atoms with Crippen LogP contribution in [0.25, 0.3) is 11.3 Å². The summed E-state index contributed by atoms with van der Waals surface area (Å²) in [5.74, 6) is -1.10. The summed E-state index contributed by atoms with van der Waals surface area (Å²) in [5, 5.41) is 7.97. The minimum atomic E-state index is -0.579. The summed E-state index contributed by atoms with van der Waals surface area (Å²) in [7, 11) is 0. The lowest BCUT2D eigenvalue weighted by Crippen LogP contribution is -2.14. The van der Waals surface area contributed by atoms with Gasteiger partial charge in [-0.05, 0) is 37.3 Å². The summed E-state index contributed by atoms with van der Waals surface area (Å²) in [4.78, 5) is 30.0. The zero-order valence-electron chi connectivity index (χ0n) is 17.7. The molecule has 0 bridgehead atoms. The number of amides is 2. The number of carbonyl (C=O) groups is 2. The molecule has 0 aliphatic rings. The number of benzene rings is 3. The molecule has 0 radical (unpaired) electrons. The van der Waals surface area contributed by atoms with Crippen molar-refractivity contribution in [3.05, 3.63) is 95.1 Å². The Labute approximate surface area is 199 Å². The standard InChI is InChI=1S/C25H20FN3O2S2/c1-16-9-11-17(12-10-16)22-14-33-25(28-22)29-23(30)15-32-19-6-4-5-18(13-19)27-24(31)20-7-2-3-8-21(20)26/h2-14H,15H2,1H3,(H,27,31)(H,28,29,30). The monoisotopic (exact) mass is 477 g/mol. The molecule has 33 heavy (non-hydrogen) atoms. The Bertz CT molecular complexity index is 1290. The van der Waals surface area contributed by atoms with E-state index in [0.717, 1.165) is 16.2 Å². The Morgan fingerprint density at radius 1 is 1.00 bits per heavy atom. The molecule has 0 saturated heterocycles. The van der Waals surface area contributed by atoms with E-state index in [1.807, 2.05) is 42.6 Å². The number of halogens is 1. The van der Waals surface area contributed by atoms with Crippen LogP contribution in [-0.2, 0) is 4.79 Å².